The van der Waals surface area contributed by atoms with Crippen molar-refractivity contribution in [2.24, 2.45) is 0 Å². The van der Waals surface area contributed by atoms with Crippen molar-refractivity contribution in [1.29, 1.82) is 0 Å². The second-order valence-corrected chi connectivity index (χ2v) is 6.76. The van der Waals surface area contributed by atoms with Gasteiger partial charge in [0.1, 0.15) is 11.6 Å². The Labute approximate surface area is 171 Å². The number of halogens is 5. The van der Waals surface area contributed by atoms with Gasteiger partial charge in [0, 0.05) is 5.56 Å². The van der Waals surface area contributed by atoms with Gasteiger partial charge in [-0.3, -0.25) is 0 Å². The van der Waals surface area contributed by atoms with Crippen LogP contribution in [-0.2, 0) is 6.42 Å². The van der Waals surface area contributed by atoms with E-state index in [9.17, 15) is 22.0 Å². The number of ether oxygens (including phenoxy) is 1. The first-order chi connectivity index (χ1) is 14.3. The molecule has 0 aliphatic carbocycles. The number of aryl methyl sites for hydroxylation is 1. The van der Waals surface area contributed by atoms with Gasteiger partial charge in [0.05, 0.1) is 6.08 Å². The molecule has 3 rings (SSSR count). The van der Waals surface area contributed by atoms with Crippen LogP contribution in [0.1, 0.15) is 18.9 Å². The van der Waals surface area contributed by atoms with Gasteiger partial charge >= 0.3 is 6.11 Å². The van der Waals surface area contributed by atoms with Crippen molar-refractivity contribution in [3.63, 3.8) is 0 Å². The Balaban J connectivity index is 1.79. The fraction of sp³-hybridized carbons (Fsp3) is 0.167. The van der Waals surface area contributed by atoms with Gasteiger partial charge in [-0.15, -0.1) is 0 Å². The van der Waals surface area contributed by atoms with Crippen molar-refractivity contribution in [3.8, 4) is 28.0 Å². The van der Waals surface area contributed by atoms with E-state index in [0.717, 1.165) is 24.0 Å². The fourth-order valence-electron chi connectivity index (χ4n) is 3.10. The third-order valence-corrected chi connectivity index (χ3v) is 4.49. The van der Waals surface area contributed by atoms with Crippen LogP contribution < -0.4 is 4.74 Å². The molecule has 0 fully saturated rings. The summed E-state index contributed by atoms with van der Waals surface area (Å²) < 4.78 is 69.6. The number of hydrogen-bond acceptors (Lipinski definition) is 1. The zero-order chi connectivity index (χ0) is 21.7. The molecule has 0 atom stereocenters. The smallest absolute Gasteiger partial charge is 0.425 e. The van der Waals surface area contributed by atoms with E-state index < -0.39 is 24.1 Å². The van der Waals surface area contributed by atoms with Crippen LogP contribution in [0.2, 0.25) is 0 Å². The van der Waals surface area contributed by atoms with E-state index in [0.29, 0.717) is 5.56 Å². The molecule has 0 N–H and O–H groups in total. The molecule has 0 aliphatic rings. The van der Waals surface area contributed by atoms with Crippen molar-refractivity contribution < 1.29 is 26.7 Å². The summed E-state index contributed by atoms with van der Waals surface area (Å²) >= 11 is 0. The number of rotatable bonds is 7. The average Bonchev–Trinajstić information content (AvgIpc) is 2.68. The van der Waals surface area contributed by atoms with Gasteiger partial charge in [-0.25, -0.2) is 4.39 Å². The van der Waals surface area contributed by atoms with E-state index >= 15 is 0 Å². The minimum absolute atomic E-state index is 0.286. The third kappa shape index (κ3) is 5.47. The standard InChI is InChI=1S/C24H19F5O/c1-2-3-16-4-6-17(7-5-16)19-10-13-21(22(25)14-19)18-8-11-20(12-9-18)30-24(28,29)15-23(26)27/h4-15H,2-3H2,1H3. The highest BCUT2D eigenvalue weighted by atomic mass is 19.3. The zero-order valence-electron chi connectivity index (χ0n) is 16.1. The van der Waals surface area contributed by atoms with Gasteiger partial charge in [0.15, 0.2) is 0 Å². The Morgan fingerprint density at radius 2 is 1.47 bits per heavy atom. The van der Waals surface area contributed by atoms with Gasteiger partial charge < -0.3 is 4.74 Å². The van der Waals surface area contributed by atoms with Gasteiger partial charge in [0.2, 0.25) is 0 Å². The molecule has 3 aromatic rings. The molecule has 3 aromatic carbocycles. The van der Waals surface area contributed by atoms with Crippen molar-refractivity contribution in [1.82, 2.24) is 0 Å². The molecule has 0 bridgehead atoms. The highest BCUT2D eigenvalue weighted by molar-refractivity contribution is 5.71. The SMILES string of the molecule is CCCc1ccc(-c2ccc(-c3ccc(OC(F)(F)C=C(F)F)cc3)c(F)c2)cc1. The fourth-order valence-corrected chi connectivity index (χ4v) is 3.10. The first kappa shape index (κ1) is 21.6. The monoisotopic (exact) mass is 418 g/mol. The molecular weight excluding hydrogens is 399 g/mol. The lowest BCUT2D eigenvalue weighted by atomic mass is 9.98. The molecule has 0 amide bonds. The van der Waals surface area contributed by atoms with E-state index in [1.807, 2.05) is 24.3 Å². The van der Waals surface area contributed by atoms with E-state index in [-0.39, 0.29) is 11.3 Å². The number of hydrogen-bond donors (Lipinski definition) is 0. The molecule has 0 spiro atoms. The van der Waals surface area contributed by atoms with Crippen LogP contribution in [0.15, 0.2) is 78.9 Å². The Hall–Kier alpha value is -3.15. The molecule has 0 aliphatic heterocycles. The molecule has 0 radical (unpaired) electrons. The first-order valence-corrected chi connectivity index (χ1v) is 9.37. The quantitative estimate of drug-likeness (QED) is 0.355. The highest BCUT2D eigenvalue weighted by Gasteiger charge is 2.30. The van der Waals surface area contributed by atoms with Crippen LogP contribution in [-0.4, -0.2) is 6.11 Å². The highest BCUT2D eigenvalue weighted by Crippen LogP contribution is 2.31. The second-order valence-electron chi connectivity index (χ2n) is 6.76. The van der Waals surface area contributed by atoms with Crippen LogP contribution in [0.3, 0.4) is 0 Å². The topological polar surface area (TPSA) is 9.23 Å². The van der Waals surface area contributed by atoms with Crippen LogP contribution in [0.25, 0.3) is 22.3 Å². The third-order valence-electron chi connectivity index (χ3n) is 4.49. The minimum atomic E-state index is -4.14. The van der Waals surface area contributed by atoms with E-state index in [1.165, 1.54) is 35.9 Å². The van der Waals surface area contributed by atoms with E-state index in [1.54, 1.807) is 12.1 Å². The second kappa shape index (κ2) is 9.11. The Morgan fingerprint density at radius 1 is 0.867 bits per heavy atom. The lowest BCUT2D eigenvalue weighted by molar-refractivity contribution is -0.133. The van der Waals surface area contributed by atoms with Crippen LogP contribution >= 0.6 is 0 Å². The van der Waals surface area contributed by atoms with E-state index in [4.69, 9.17) is 0 Å². The summed E-state index contributed by atoms with van der Waals surface area (Å²) in [7, 11) is 0. The van der Waals surface area contributed by atoms with Gasteiger partial charge in [-0.2, -0.15) is 17.6 Å². The molecular formula is C24H19F5O. The van der Waals surface area contributed by atoms with Crippen LogP contribution in [0, 0.1) is 5.82 Å². The Kier molecular flexibility index (Phi) is 6.55. The largest absolute Gasteiger partial charge is 0.429 e. The summed E-state index contributed by atoms with van der Waals surface area (Å²) in [5.74, 6) is -0.781. The predicted octanol–water partition coefficient (Wildman–Crippen LogP) is 7.86. The summed E-state index contributed by atoms with van der Waals surface area (Å²) in [6.07, 6.45) is -5.22. The molecule has 30 heavy (non-hydrogen) atoms. The zero-order valence-corrected chi connectivity index (χ0v) is 16.1. The lowest BCUT2D eigenvalue weighted by Gasteiger charge is -2.14. The average molecular weight is 418 g/mol. The molecule has 0 aromatic heterocycles. The Morgan fingerprint density at radius 3 is 2.03 bits per heavy atom. The number of alkyl halides is 2. The maximum Gasteiger partial charge on any atom is 0.425 e. The summed E-state index contributed by atoms with van der Waals surface area (Å²) in [6, 6.07) is 17.8. The summed E-state index contributed by atoms with van der Waals surface area (Å²) in [4.78, 5) is 0. The maximum absolute atomic E-state index is 14.7. The predicted molar refractivity (Wildman–Crippen MR) is 107 cm³/mol. The Bertz CT molecular complexity index is 1020. The maximum atomic E-state index is 14.7. The molecule has 0 unspecified atom stereocenters. The normalized spacial score (nSPS) is 11.3. The van der Waals surface area contributed by atoms with Crippen LogP contribution in [0.5, 0.6) is 5.75 Å². The molecule has 0 heterocycles. The number of benzene rings is 3. The summed E-state index contributed by atoms with van der Waals surface area (Å²) in [6.45, 7) is 2.10. The summed E-state index contributed by atoms with van der Waals surface area (Å²) in [5.41, 5.74) is 3.56. The molecule has 0 saturated heterocycles. The van der Waals surface area contributed by atoms with Crippen molar-refractivity contribution in [2.75, 3.05) is 0 Å². The molecule has 156 valence electrons. The first-order valence-electron chi connectivity index (χ1n) is 9.37. The van der Waals surface area contributed by atoms with Crippen molar-refractivity contribution in [2.45, 2.75) is 25.9 Å². The molecule has 1 nitrogen and oxygen atoms in total. The molecule has 6 heteroatoms. The van der Waals surface area contributed by atoms with Crippen LogP contribution in [0.4, 0.5) is 22.0 Å². The van der Waals surface area contributed by atoms with Gasteiger partial charge in [0.25, 0.3) is 6.08 Å². The molecule has 0 saturated carbocycles. The van der Waals surface area contributed by atoms with E-state index in [2.05, 4.69) is 11.7 Å². The minimum Gasteiger partial charge on any atom is -0.429 e. The van der Waals surface area contributed by atoms with Crippen molar-refractivity contribution in [3.05, 3.63) is 90.3 Å². The van der Waals surface area contributed by atoms with Crippen molar-refractivity contribution >= 4 is 0 Å². The summed E-state index contributed by atoms with van der Waals surface area (Å²) in [5, 5.41) is 0. The van der Waals surface area contributed by atoms with Gasteiger partial charge in [-0.1, -0.05) is 61.9 Å². The van der Waals surface area contributed by atoms with Gasteiger partial charge in [-0.05, 0) is 46.9 Å². The lowest BCUT2D eigenvalue weighted by Crippen LogP contribution is -2.21.